The summed E-state index contributed by atoms with van der Waals surface area (Å²) in [4.78, 5) is 26.9. The van der Waals surface area contributed by atoms with Crippen LogP contribution in [0.2, 0.25) is 0 Å². The fourth-order valence-electron chi connectivity index (χ4n) is 2.05. The topological polar surface area (TPSA) is 60.9 Å². The highest BCUT2D eigenvalue weighted by atomic mass is 16.3. The second-order valence-corrected chi connectivity index (χ2v) is 4.73. The maximum Gasteiger partial charge on any atom is 0.227 e. The minimum absolute atomic E-state index is 0.00921. The molecular formula is C12H22N2O3. The number of nitrogens with zero attached hydrogens (tertiary/aromatic N) is 2. The number of likely N-dealkylation sites (tertiary alicyclic amines) is 1. The van der Waals surface area contributed by atoms with Gasteiger partial charge in [0.05, 0.1) is 12.0 Å². The molecule has 0 aromatic rings. The van der Waals surface area contributed by atoms with Crippen LogP contribution in [0.1, 0.15) is 26.7 Å². The molecule has 1 fully saturated rings. The predicted molar refractivity (Wildman–Crippen MR) is 64.3 cm³/mol. The molecular weight excluding hydrogens is 220 g/mol. The van der Waals surface area contributed by atoms with Crippen molar-refractivity contribution in [2.75, 3.05) is 26.7 Å². The van der Waals surface area contributed by atoms with Crippen molar-refractivity contribution in [3.05, 3.63) is 0 Å². The third-order valence-corrected chi connectivity index (χ3v) is 3.20. The molecule has 2 unspecified atom stereocenters. The Morgan fingerprint density at radius 2 is 2.29 bits per heavy atom. The Balaban J connectivity index is 2.45. The molecule has 98 valence electrons. The van der Waals surface area contributed by atoms with Gasteiger partial charge in [0.25, 0.3) is 0 Å². The highest BCUT2D eigenvalue weighted by molar-refractivity contribution is 5.89. The van der Waals surface area contributed by atoms with E-state index in [1.807, 2.05) is 6.92 Å². The van der Waals surface area contributed by atoms with E-state index in [1.54, 1.807) is 23.8 Å². The van der Waals surface area contributed by atoms with Crippen molar-refractivity contribution in [3.8, 4) is 0 Å². The molecule has 1 heterocycles. The number of aliphatic hydroxyl groups is 1. The predicted octanol–water partition coefficient (Wildman–Crippen LogP) is 0.0841. The second kappa shape index (κ2) is 6.00. The number of hydrogen-bond acceptors (Lipinski definition) is 3. The minimum atomic E-state index is -0.400. The molecule has 0 aliphatic carbocycles. The van der Waals surface area contributed by atoms with E-state index in [2.05, 4.69) is 0 Å². The molecule has 1 aliphatic heterocycles. The molecule has 0 bridgehead atoms. The van der Waals surface area contributed by atoms with Gasteiger partial charge in [-0.2, -0.15) is 0 Å². The Morgan fingerprint density at radius 3 is 2.76 bits per heavy atom. The van der Waals surface area contributed by atoms with Gasteiger partial charge < -0.3 is 14.9 Å². The van der Waals surface area contributed by atoms with Crippen LogP contribution in [-0.2, 0) is 9.59 Å². The lowest BCUT2D eigenvalue weighted by Gasteiger charge is -2.21. The average Bonchev–Trinajstić information content (AvgIpc) is 2.66. The highest BCUT2D eigenvalue weighted by Gasteiger charge is 2.34. The maximum atomic E-state index is 12.0. The molecule has 0 aromatic carbocycles. The van der Waals surface area contributed by atoms with Gasteiger partial charge in [-0.15, -0.1) is 0 Å². The van der Waals surface area contributed by atoms with Crippen molar-refractivity contribution < 1.29 is 14.7 Å². The summed E-state index contributed by atoms with van der Waals surface area (Å²) in [6.45, 7) is 5.36. The summed E-state index contributed by atoms with van der Waals surface area (Å²) in [6.07, 6.45) is 0.495. The molecule has 1 N–H and O–H groups in total. The van der Waals surface area contributed by atoms with Crippen molar-refractivity contribution in [3.63, 3.8) is 0 Å². The molecule has 2 atom stereocenters. The summed E-state index contributed by atoms with van der Waals surface area (Å²) < 4.78 is 0. The van der Waals surface area contributed by atoms with Gasteiger partial charge in [0.15, 0.2) is 0 Å². The molecule has 1 aliphatic rings. The SMILES string of the molecule is CCN1CC(C(=O)N(C)CCC(C)O)CC1=O. The van der Waals surface area contributed by atoms with Gasteiger partial charge in [0, 0.05) is 33.1 Å². The van der Waals surface area contributed by atoms with E-state index in [9.17, 15) is 14.7 Å². The highest BCUT2D eigenvalue weighted by Crippen LogP contribution is 2.19. The van der Waals surface area contributed by atoms with E-state index in [1.165, 1.54) is 0 Å². The van der Waals surface area contributed by atoms with Crippen LogP contribution in [0.15, 0.2) is 0 Å². The van der Waals surface area contributed by atoms with Crippen LogP contribution in [0, 0.1) is 5.92 Å². The van der Waals surface area contributed by atoms with E-state index < -0.39 is 6.10 Å². The van der Waals surface area contributed by atoms with Gasteiger partial charge in [0.1, 0.15) is 0 Å². The monoisotopic (exact) mass is 242 g/mol. The molecule has 17 heavy (non-hydrogen) atoms. The van der Waals surface area contributed by atoms with Crippen molar-refractivity contribution in [1.82, 2.24) is 9.80 Å². The zero-order valence-corrected chi connectivity index (χ0v) is 10.8. The van der Waals surface area contributed by atoms with Crippen LogP contribution in [0.3, 0.4) is 0 Å². The van der Waals surface area contributed by atoms with E-state index in [0.29, 0.717) is 32.5 Å². The molecule has 0 spiro atoms. The average molecular weight is 242 g/mol. The Labute approximate surface area is 102 Å². The summed E-state index contributed by atoms with van der Waals surface area (Å²) in [5.74, 6) is -0.133. The van der Waals surface area contributed by atoms with E-state index in [0.717, 1.165) is 0 Å². The second-order valence-electron chi connectivity index (χ2n) is 4.73. The van der Waals surface area contributed by atoms with E-state index in [-0.39, 0.29) is 17.7 Å². The molecule has 0 aromatic heterocycles. The van der Waals surface area contributed by atoms with Crippen LogP contribution >= 0.6 is 0 Å². The maximum absolute atomic E-state index is 12.0. The van der Waals surface area contributed by atoms with Crippen LogP contribution in [-0.4, -0.2) is 59.5 Å². The van der Waals surface area contributed by atoms with Crippen LogP contribution in [0.4, 0.5) is 0 Å². The molecule has 2 amide bonds. The largest absolute Gasteiger partial charge is 0.393 e. The normalized spacial score (nSPS) is 21.8. The van der Waals surface area contributed by atoms with Crippen molar-refractivity contribution >= 4 is 11.8 Å². The lowest BCUT2D eigenvalue weighted by atomic mass is 10.1. The van der Waals surface area contributed by atoms with Crippen LogP contribution in [0.25, 0.3) is 0 Å². The van der Waals surface area contributed by atoms with Gasteiger partial charge in [-0.05, 0) is 20.3 Å². The fraction of sp³-hybridized carbons (Fsp3) is 0.833. The summed E-state index contributed by atoms with van der Waals surface area (Å²) in [5.41, 5.74) is 0. The smallest absolute Gasteiger partial charge is 0.227 e. The third-order valence-electron chi connectivity index (χ3n) is 3.20. The quantitative estimate of drug-likeness (QED) is 0.743. The first-order valence-electron chi connectivity index (χ1n) is 6.16. The number of carbonyl (C=O) groups excluding carboxylic acids is 2. The molecule has 5 heteroatoms. The van der Waals surface area contributed by atoms with Crippen molar-refractivity contribution in [2.24, 2.45) is 5.92 Å². The third kappa shape index (κ3) is 3.70. The Kier molecular flexibility index (Phi) is 4.93. The molecule has 1 rings (SSSR count). The van der Waals surface area contributed by atoms with Crippen molar-refractivity contribution in [1.29, 1.82) is 0 Å². The molecule has 5 nitrogen and oxygen atoms in total. The van der Waals surface area contributed by atoms with E-state index in [4.69, 9.17) is 0 Å². The number of hydrogen-bond donors (Lipinski definition) is 1. The van der Waals surface area contributed by atoms with Gasteiger partial charge in [0.2, 0.25) is 11.8 Å². The first-order valence-corrected chi connectivity index (χ1v) is 6.16. The van der Waals surface area contributed by atoms with Gasteiger partial charge >= 0.3 is 0 Å². The lowest BCUT2D eigenvalue weighted by Crippen LogP contribution is -2.36. The minimum Gasteiger partial charge on any atom is -0.393 e. The molecule has 1 saturated heterocycles. The van der Waals surface area contributed by atoms with Gasteiger partial charge in [-0.25, -0.2) is 0 Å². The number of rotatable bonds is 5. The molecule has 0 saturated carbocycles. The number of amides is 2. The number of carbonyl (C=O) groups is 2. The fourth-order valence-corrected chi connectivity index (χ4v) is 2.05. The Hall–Kier alpha value is -1.10. The summed E-state index contributed by atoms with van der Waals surface area (Å²) in [7, 11) is 1.73. The molecule has 0 radical (unpaired) electrons. The lowest BCUT2D eigenvalue weighted by molar-refractivity contribution is -0.134. The van der Waals surface area contributed by atoms with Crippen LogP contribution in [0.5, 0.6) is 0 Å². The standard InChI is InChI=1S/C12H22N2O3/c1-4-14-8-10(7-11(14)16)12(17)13(3)6-5-9(2)15/h9-10,15H,4-8H2,1-3H3. The first-order chi connectivity index (χ1) is 7.95. The summed E-state index contributed by atoms with van der Waals surface area (Å²) in [6, 6.07) is 0. The van der Waals surface area contributed by atoms with Crippen LogP contribution < -0.4 is 0 Å². The zero-order chi connectivity index (χ0) is 13.0. The Morgan fingerprint density at radius 1 is 1.65 bits per heavy atom. The van der Waals surface area contributed by atoms with Crippen molar-refractivity contribution in [2.45, 2.75) is 32.8 Å². The Bertz CT molecular complexity index is 291. The zero-order valence-electron chi connectivity index (χ0n) is 10.8. The van der Waals surface area contributed by atoms with Gasteiger partial charge in [-0.1, -0.05) is 0 Å². The number of aliphatic hydroxyl groups excluding tert-OH is 1. The van der Waals surface area contributed by atoms with Gasteiger partial charge in [-0.3, -0.25) is 9.59 Å². The first kappa shape index (κ1) is 14.0. The summed E-state index contributed by atoms with van der Waals surface area (Å²) in [5, 5.41) is 9.17. The van der Waals surface area contributed by atoms with E-state index >= 15 is 0 Å². The summed E-state index contributed by atoms with van der Waals surface area (Å²) >= 11 is 0.